The van der Waals surface area contributed by atoms with Crippen LogP contribution in [0.2, 0.25) is 0 Å². The predicted molar refractivity (Wildman–Crippen MR) is 114 cm³/mol. The van der Waals surface area contributed by atoms with Gasteiger partial charge in [-0.15, -0.1) is 0 Å². The van der Waals surface area contributed by atoms with Crippen LogP contribution in [0, 0.1) is 6.92 Å². The molecule has 9 nitrogen and oxygen atoms in total. The van der Waals surface area contributed by atoms with Crippen LogP contribution < -0.4 is 15.8 Å². The molecule has 1 aromatic heterocycles. The van der Waals surface area contributed by atoms with E-state index in [0.29, 0.717) is 11.1 Å². The van der Waals surface area contributed by atoms with Crippen LogP contribution in [0.25, 0.3) is 0 Å². The van der Waals surface area contributed by atoms with E-state index >= 15 is 0 Å². The number of nitrogens with zero attached hydrogens (tertiary/aromatic N) is 1. The number of H-pyrrole nitrogens is 1. The number of nitrogens with one attached hydrogen (secondary N) is 1. The lowest BCUT2D eigenvalue weighted by molar-refractivity contribution is -0.0155. The number of aromatic amines is 1. The molecule has 0 saturated carbocycles. The summed E-state index contributed by atoms with van der Waals surface area (Å²) in [5.41, 5.74) is -0.333. The normalized spacial score (nSPS) is 27.7. The average molecular weight is 510 g/mol. The summed E-state index contributed by atoms with van der Waals surface area (Å²) < 4.78 is 34.4. The quantitative estimate of drug-likeness (QED) is 0.378. The van der Waals surface area contributed by atoms with Crippen molar-refractivity contribution in [3.8, 4) is 5.75 Å². The minimum Gasteiger partial charge on any atom is -0.404 e. The molecule has 2 aromatic rings. The van der Waals surface area contributed by atoms with Gasteiger partial charge in [-0.1, -0.05) is 59.1 Å². The number of benzene rings is 1. The van der Waals surface area contributed by atoms with E-state index in [1.54, 1.807) is 43.3 Å². The van der Waals surface area contributed by atoms with Crippen LogP contribution in [0.4, 0.5) is 0 Å². The smallest absolute Gasteiger partial charge is 0.404 e. The Morgan fingerprint density at radius 1 is 1.23 bits per heavy atom. The molecule has 2 aliphatic heterocycles. The third-order valence-corrected chi connectivity index (χ3v) is 6.51. The van der Waals surface area contributed by atoms with Crippen molar-refractivity contribution in [1.82, 2.24) is 9.55 Å². The van der Waals surface area contributed by atoms with Crippen molar-refractivity contribution < 1.29 is 22.9 Å². The number of ether oxygens (including phenoxy) is 1. The maximum Gasteiger partial charge on any atom is 0.530 e. The van der Waals surface area contributed by atoms with Crippen molar-refractivity contribution in [2.75, 3.05) is 6.61 Å². The minimum absolute atomic E-state index is 0.212. The molecule has 0 fully saturated rings. The summed E-state index contributed by atoms with van der Waals surface area (Å²) in [4.78, 5) is 25.8. The fourth-order valence-corrected chi connectivity index (χ4v) is 5.18. The summed E-state index contributed by atoms with van der Waals surface area (Å²) in [5, 5.41) is 0. The van der Waals surface area contributed by atoms with Gasteiger partial charge in [-0.2, -0.15) is 0 Å². The van der Waals surface area contributed by atoms with E-state index in [0.717, 1.165) is 0 Å². The van der Waals surface area contributed by atoms with Gasteiger partial charge in [-0.25, -0.2) is 9.36 Å². The van der Waals surface area contributed by atoms with Crippen LogP contribution in [-0.4, -0.2) is 26.1 Å². The van der Waals surface area contributed by atoms with Gasteiger partial charge >= 0.3 is 13.5 Å². The van der Waals surface area contributed by atoms with Crippen LogP contribution in [0.3, 0.4) is 0 Å². The average Bonchev–Trinajstić information content (AvgIpc) is 3.17. The molecule has 13 heteroatoms. The van der Waals surface area contributed by atoms with Gasteiger partial charge in [0, 0.05) is 17.3 Å². The number of alkyl halides is 3. The van der Waals surface area contributed by atoms with Gasteiger partial charge in [0.2, 0.25) is 3.79 Å². The molecule has 31 heavy (non-hydrogen) atoms. The maximum absolute atomic E-state index is 13.1. The number of phosphoric ester groups is 1. The minimum atomic E-state index is -4.15. The molecule has 0 aliphatic carbocycles. The van der Waals surface area contributed by atoms with E-state index in [1.165, 1.54) is 10.8 Å². The highest BCUT2D eigenvalue weighted by Gasteiger charge is 2.48. The molecule has 0 saturated heterocycles. The van der Waals surface area contributed by atoms with Crippen molar-refractivity contribution in [1.29, 1.82) is 0 Å². The van der Waals surface area contributed by atoms with Gasteiger partial charge in [-0.05, 0) is 19.1 Å². The molecule has 4 rings (SSSR count). The second-order valence-electron chi connectivity index (χ2n) is 6.83. The second-order valence-corrected chi connectivity index (χ2v) is 10.7. The molecule has 1 N–H and O–H groups in total. The zero-order chi connectivity index (χ0) is 22.4. The van der Waals surface area contributed by atoms with Crippen LogP contribution in [0.15, 0.2) is 52.2 Å². The molecule has 2 aliphatic rings. The molecule has 166 valence electrons. The van der Waals surface area contributed by atoms with Crippen molar-refractivity contribution in [3.63, 3.8) is 0 Å². The Morgan fingerprint density at radius 2 is 1.97 bits per heavy atom. The third-order valence-electron chi connectivity index (χ3n) is 4.56. The van der Waals surface area contributed by atoms with E-state index in [1.807, 2.05) is 0 Å². The van der Waals surface area contributed by atoms with Gasteiger partial charge in [0.15, 0.2) is 6.23 Å². The van der Waals surface area contributed by atoms with Crippen LogP contribution >= 0.6 is 42.6 Å². The largest absolute Gasteiger partial charge is 0.530 e. The molecular weight excluding hydrogens is 494 g/mol. The SMILES string of the molecule is Cc1cn([C@H]2C=C[C@@H](COP3(=O)Oc4ccccc4C(C(Cl)(Cl)Cl)O3)O2)c(=O)[nH]c1=O. The summed E-state index contributed by atoms with van der Waals surface area (Å²) in [6, 6.07) is 6.55. The fraction of sp³-hybridized carbons (Fsp3) is 0.333. The lowest BCUT2D eigenvalue weighted by Crippen LogP contribution is -2.33. The molecule has 0 spiro atoms. The van der Waals surface area contributed by atoms with Crippen molar-refractivity contribution in [2.45, 2.75) is 29.2 Å². The lowest BCUT2D eigenvalue weighted by atomic mass is 10.1. The Labute approximate surface area is 191 Å². The van der Waals surface area contributed by atoms with E-state index in [4.69, 9.17) is 53.1 Å². The molecule has 0 bridgehead atoms. The Kier molecular flexibility index (Phi) is 6.13. The van der Waals surface area contributed by atoms with Crippen LogP contribution in [0.5, 0.6) is 5.75 Å². The first kappa shape index (κ1) is 22.6. The van der Waals surface area contributed by atoms with Gasteiger partial charge in [0.1, 0.15) is 18.0 Å². The highest BCUT2D eigenvalue weighted by Crippen LogP contribution is 2.62. The van der Waals surface area contributed by atoms with Crippen LogP contribution in [0.1, 0.15) is 23.5 Å². The first-order chi connectivity index (χ1) is 14.6. The first-order valence-corrected chi connectivity index (χ1v) is 11.6. The van der Waals surface area contributed by atoms with Gasteiger partial charge in [0.25, 0.3) is 5.56 Å². The number of rotatable bonds is 4. The Hall–Kier alpha value is -1.58. The van der Waals surface area contributed by atoms with E-state index in [9.17, 15) is 14.2 Å². The molecule has 3 heterocycles. The third kappa shape index (κ3) is 4.78. The Balaban J connectivity index is 1.46. The van der Waals surface area contributed by atoms with Gasteiger partial charge in [0.05, 0.1) is 6.61 Å². The number of aromatic nitrogens is 2. The van der Waals surface area contributed by atoms with Crippen molar-refractivity contribution >= 4 is 42.6 Å². The van der Waals surface area contributed by atoms with E-state index in [2.05, 4.69) is 4.98 Å². The summed E-state index contributed by atoms with van der Waals surface area (Å²) >= 11 is 18.0. The lowest BCUT2D eigenvalue weighted by Gasteiger charge is -2.34. The second kappa shape index (κ2) is 8.41. The summed E-state index contributed by atoms with van der Waals surface area (Å²) in [6.07, 6.45) is 1.98. The first-order valence-electron chi connectivity index (χ1n) is 9.00. The highest BCUT2D eigenvalue weighted by atomic mass is 35.6. The van der Waals surface area contributed by atoms with Gasteiger partial charge in [-0.3, -0.25) is 23.4 Å². The number of phosphoric acid groups is 1. The summed E-state index contributed by atoms with van der Waals surface area (Å²) in [7, 11) is -4.15. The highest BCUT2D eigenvalue weighted by molar-refractivity contribution is 7.49. The number of para-hydroxylation sites is 1. The summed E-state index contributed by atoms with van der Waals surface area (Å²) in [5.74, 6) is 0.212. The fourth-order valence-electron chi connectivity index (χ4n) is 3.08. The maximum atomic E-state index is 13.1. The molecular formula is C18H16Cl3N2O7P. The number of halogens is 3. The van der Waals surface area contributed by atoms with E-state index in [-0.39, 0.29) is 12.4 Å². The standard InChI is InChI=1S/C18H16Cl3N2O7P/c1-10-8-23(17(25)22-16(10)24)14-7-6-11(28-14)9-27-31(26)29-13-5-3-2-4-12(13)15(30-31)18(19,20)21/h2-8,11,14-15H,9H2,1H3,(H,22,24,25)/t11-,14+,15?,31?/m0/s1. The van der Waals surface area contributed by atoms with Gasteiger partial charge < -0.3 is 9.26 Å². The monoisotopic (exact) mass is 508 g/mol. The zero-order valence-electron chi connectivity index (χ0n) is 15.9. The molecule has 2 unspecified atom stereocenters. The molecule has 4 atom stereocenters. The van der Waals surface area contributed by atoms with Crippen molar-refractivity contribution in [2.24, 2.45) is 0 Å². The number of hydrogen-bond acceptors (Lipinski definition) is 7. The number of hydrogen-bond donors (Lipinski definition) is 1. The molecule has 0 radical (unpaired) electrons. The molecule has 1 aromatic carbocycles. The van der Waals surface area contributed by atoms with Crippen molar-refractivity contribution in [3.05, 3.63) is 74.6 Å². The van der Waals surface area contributed by atoms with E-state index < -0.39 is 41.3 Å². The summed E-state index contributed by atoms with van der Waals surface area (Å²) in [6.45, 7) is 1.34. The zero-order valence-corrected chi connectivity index (χ0v) is 19.0. The molecule has 0 amide bonds. The Morgan fingerprint density at radius 3 is 2.71 bits per heavy atom. The number of fused-ring (bicyclic) bond motifs is 1. The predicted octanol–water partition coefficient (Wildman–Crippen LogP) is 3.94. The Bertz CT molecular complexity index is 1190. The topological polar surface area (TPSA) is 109 Å². The number of aryl methyl sites for hydroxylation is 1. The van der Waals surface area contributed by atoms with Crippen LogP contribution in [-0.2, 0) is 18.3 Å².